The summed E-state index contributed by atoms with van der Waals surface area (Å²) in [4.78, 5) is 26.2. The molecule has 25 heavy (non-hydrogen) atoms. The molecule has 6 nitrogen and oxygen atoms in total. The van der Waals surface area contributed by atoms with E-state index in [9.17, 15) is 9.59 Å². The molecule has 0 saturated carbocycles. The van der Waals surface area contributed by atoms with Crippen LogP contribution in [0.3, 0.4) is 0 Å². The Kier molecular flexibility index (Phi) is 7.10. The first-order valence-corrected chi connectivity index (χ1v) is 9.06. The molecule has 0 bridgehead atoms. The van der Waals surface area contributed by atoms with E-state index in [0.717, 1.165) is 24.2 Å². The number of amides is 3. The highest BCUT2D eigenvalue weighted by Crippen LogP contribution is 2.20. The van der Waals surface area contributed by atoms with Crippen LogP contribution in [-0.2, 0) is 11.3 Å². The fourth-order valence-electron chi connectivity index (χ4n) is 3.00. The lowest BCUT2D eigenvalue weighted by molar-refractivity contribution is -0.126. The summed E-state index contributed by atoms with van der Waals surface area (Å²) in [6.07, 6.45) is 1.76. The van der Waals surface area contributed by atoms with Gasteiger partial charge >= 0.3 is 6.03 Å². The summed E-state index contributed by atoms with van der Waals surface area (Å²) in [7, 11) is 0. The molecule has 2 N–H and O–H groups in total. The minimum Gasteiger partial charge on any atom is -0.491 e. The smallest absolute Gasteiger partial charge is 0.317 e. The van der Waals surface area contributed by atoms with Gasteiger partial charge in [-0.2, -0.15) is 0 Å². The summed E-state index contributed by atoms with van der Waals surface area (Å²) in [5, 5.41) is 5.79. The van der Waals surface area contributed by atoms with Gasteiger partial charge in [-0.1, -0.05) is 18.2 Å². The number of nitrogens with zero attached hydrogens (tertiary/aromatic N) is 1. The molecule has 1 saturated heterocycles. The van der Waals surface area contributed by atoms with Gasteiger partial charge in [-0.15, -0.1) is 0 Å². The lowest BCUT2D eigenvalue weighted by atomic mass is 9.97. The summed E-state index contributed by atoms with van der Waals surface area (Å²) in [6.45, 7) is 8.04. The van der Waals surface area contributed by atoms with Gasteiger partial charge in [-0.05, 0) is 39.7 Å². The Morgan fingerprint density at radius 3 is 2.76 bits per heavy atom. The summed E-state index contributed by atoms with van der Waals surface area (Å²) >= 11 is 0. The Bertz CT molecular complexity index is 589. The van der Waals surface area contributed by atoms with Crippen molar-refractivity contribution >= 4 is 11.9 Å². The highest BCUT2D eigenvalue weighted by Gasteiger charge is 2.28. The molecule has 1 unspecified atom stereocenters. The molecule has 0 aromatic heterocycles. The molecule has 6 heteroatoms. The SMILES string of the molecule is CCNC(=O)C1CCCN(C(=O)NCc2ccccc2OC(C)C)C1. The maximum atomic E-state index is 12.5. The topological polar surface area (TPSA) is 70.7 Å². The number of carbonyl (C=O) groups is 2. The number of hydrogen-bond acceptors (Lipinski definition) is 3. The second-order valence-electron chi connectivity index (χ2n) is 6.61. The summed E-state index contributed by atoms with van der Waals surface area (Å²) < 4.78 is 5.78. The van der Waals surface area contributed by atoms with E-state index in [1.165, 1.54) is 0 Å². The van der Waals surface area contributed by atoms with Gasteiger partial charge < -0.3 is 20.3 Å². The van der Waals surface area contributed by atoms with E-state index in [2.05, 4.69) is 10.6 Å². The quantitative estimate of drug-likeness (QED) is 0.831. The number of para-hydroxylation sites is 1. The molecule has 0 radical (unpaired) electrons. The van der Waals surface area contributed by atoms with E-state index < -0.39 is 0 Å². The standard InChI is InChI=1S/C19H29N3O3/c1-4-20-18(23)16-9-7-11-22(13-16)19(24)21-12-15-8-5-6-10-17(15)25-14(2)3/h5-6,8,10,14,16H,4,7,9,11-13H2,1-3H3,(H,20,23)(H,21,24). The molecule has 1 aliphatic rings. The number of ether oxygens (including phenoxy) is 1. The van der Waals surface area contributed by atoms with Gasteiger partial charge in [0.05, 0.1) is 12.0 Å². The third kappa shape index (κ3) is 5.66. The van der Waals surface area contributed by atoms with Gasteiger partial charge in [-0.25, -0.2) is 4.79 Å². The van der Waals surface area contributed by atoms with Crippen molar-refractivity contribution in [2.24, 2.45) is 5.92 Å². The van der Waals surface area contributed by atoms with E-state index in [1.807, 2.05) is 45.0 Å². The van der Waals surface area contributed by atoms with Gasteiger partial charge in [0.25, 0.3) is 0 Å². The number of benzene rings is 1. The van der Waals surface area contributed by atoms with Crippen LogP contribution < -0.4 is 15.4 Å². The Balaban J connectivity index is 1.91. The van der Waals surface area contributed by atoms with Crippen LogP contribution in [0.25, 0.3) is 0 Å². The van der Waals surface area contributed by atoms with Crippen LogP contribution >= 0.6 is 0 Å². The van der Waals surface area contributed by atoms with Crippen molar-refractivity contribution in [3.63, 3.8) is 0 Å². The molecular weight excluding hydrogens is 318 g/mol. The van der Waals surface area contributed by atoms with Crippen molar-refractivity contribution in [2.75, 3.05) is 19.6 Å². The van der Waals surface area contributed by atoms with Crippen LogP contribution in [0.2, 0.25) is 0 Å². The van der Waals surface area contributed by atoms with E-state index in [-0.39, 0.29) is 24.0 Å². The number of carbonyl (C=O) groups excluding carboxylic acids is 2. The molecule has 1 atom stereocenters. The average molecular weight is 347 g/mol. The van der Waals surface area contributed by atoms with Crippen LogP contribution in [0.15, 0.2) is 24.3 Å². The molecule has 138 valence electrons. The maximum absolute atomic E-state index is 12.5. The van der Waals surface area contributed by atoms with Crippen molar-refractivity contribution in [1.82, 2.24) is 15.5 Å². The first kappa shape index (κ1) is 19.1. The van der Waals surface area contributed by atoms with Gasteiger partial charge in [0, 0.05) is 31.7 Å². The van der Waals surface area contributed by atoms with E-state index in [1.54, 1.807) is 4.90 Å². The van der Waals surface area contributed by atoms with Crippen molar-refractivity contribution in [3.05, 3.63) is 29.8 Å². The van der Waals surface area contributed by atoms with Crippen LogP contribution in [0.4, 0.5) is 4.79 Å². The van der Waals surface area contributed by atoms with Crippen molar-refractivity contribution in [1.29, 1.82) is 0 Å². The van der Waals surface area contributed by atoms with E-state index >= 15 is 0 Å². The van der Waals surface area contributed by atoms with E-state index in [4.69, 9.17) is 4.74 Å². The monoisotopic (exact) mass is 347 g/mol. The second-order valence-corrected chi connectivity index (χ2v) is 6.61. The molecule has 1 aliphatic heterocycles. The number of nitrogens with one attached hydrogen (secondary N) is 2. The van der Waals surface area contributed by atoms with Gasteiger partial charge in [0.1, 0.15) is 5.75 Å². The van der Waals surface area contributed by atoms with Crippen LogP contribution in [-0.4, -0.2) is 42.6 Å². The highest BCUT2D eigenvalue weighted by atomic mass is 16.5. The Morgan fingerprint density at radius 1 is 1.28 bits per heavy atom. The molecule has 1 fully saturated rings. The highest BCUT2D eigenvalue weighted by molar-refractivity contribution is 5.80. The minimum absolute atomic E-state index is 0.0377. The summed E-state index contributed by atoms with van der Waals surface area (Å²) in [5.74, 6) is 0.711. The normalized spacial score (nSPS) is 17.3. The van der Waals surface area contributed by atoms with Crippen molar-refractivity contribution in [2.45, 2.75) is 46.3 Å². The number of hydrogen-bond donors (Lipinski definition) is 2. The Hall–Kier alpha value is -2.24. The molecule has 0 aliphatic carbocycles. The molecule has 2 rings (SSSR count). The van der Waals surface area contributed by atoms with Gasteiger partial charge in [-0.3, -0.25) is 4.79 Å². The largest absolute Gasteiger partial charge is 0.491 e. The molecule has 1 aromatic carbocycles. The number of rotatable bonds is 6. The molecule has 0 spiro atoms. The fourth-order valence-corrected chi connectivity index (χ4v) is 3.00. The first-order valence-electron chi connectivity index (χ1n) is 9.06. The van der Waals surface area contributed by atoms with Crippen LogP contribution in [0, 0.1) is 5.92 Å². The zero-order valence-electron chi connectivity index (χ0n) is 15.4. The minimum atomic E-state index is -0.131. The molecule has 1 heterocycles. The predicted octanol–water partition coefficient (Wildman–Crippen LogP) is 2.53. The maximum Gasteiger partial charge on any atom is 0.317 e. The van der Waals surface area contributed by atoms with E-state index in [0.29, 0.717) is 26.2 Å². The molecular formula is C19H29N3O3. The number of urea groups is 1. The first-order chi connectivity index (χ1) is 12.0. The number of likely N-dealkylation sites (tertiary alicyclic amines) is 1. The summed E-state index contributed by atoms with van der Waals surface area (Å²) in [5.41, 5.74) is 0.946. The zero-order valence-corrected chi connectivity index (χ0v) is 15.4. The van der Waals surface area contributed by atoms with Gasteiger partial charge in [0.2, 0.25) is 5.91 Å². The average Bonchev–Trinajstić information content (AvgIpc) is 2.60. The Morgan fingerprint density at radius 2 is 2.04 bits per heavy atom. The predicted molar refractivity (Wildman–Crippen MR) is 97.4 cm³/mol. The summed E-state index contributed by atoms with van der Waals surface area (Å²) in [6, 6.07) is 7.58. The molecule has 3 amide bonds. The Labute approximate surface area is 149 Å². The third-order valence-corrected chi connectivity index (χ3v) is 4.20. The molecule has 1 aromatic rings. The lowest BCUT2D eigenvalue weighted by Crippen LogP contribution is -2.48. The number of piperidine rings is 1. The van der Waals surface area contributed by atoms with Crippen LogP contribution in [0.5, 0.6) is 5.75 Å². The third-order valence-electron chi connectivity index (χ3n) is 4.20. The van der Waals surface area contributed by atoms with Crippen LogP contribution in [0.1, 0.15) is 39.2 Å². The van der Waals surface area contributed by atoms with Crippen molar-refractivity contribution in [3.8, 4) is 5.75 Å². The van der Waals surface area contributed by atoms with Gasteiger partial charge in [0.15, 0.2) is 0 Å². The van der Waals surface area contributed by atoms with Crippen molar-refractivity contribution < 1.29 is 14.3 Å². The zero-order chi connectivity index (χ0) is 18.2. The lowest BCUT2D eigenvalue weighted by Gasteiger charge is -2.32. The second kappa shape index (κ2) is 9.30. The fraction of sp³-hybridized carbons (Fsp3) is 0.579.